The van der Waals surface area contributed by atoms with E-state index in [1.165, 1.54) is 4.90 Å². The molecular weight excluding hydrogens is 444 g/mol. The average Bonchev–Trinajstić information content (AvgIpc) is 3.56. The average molecular weight is 477 g/mol. The molecule has 2 aromatic carbocycles. The van der Waals surface area contributed by atoms with Crippen LogP contribution in [-0.4, -0.2) is 52.7 Å². The number of carbonyl (C=O) groups is 3. The van der Waals surface area contributed by atoms with Gasteiger partial charge in [-0.25, -0.2) is 9.59 Å². The van der Waals surface area contributed by atoms with Gasteiger partial charge in [0.05, 0.1) is 0 Å². The van der Waals surface area contributed by atoms with Crippen molar-refractivity contribution >= 4 is 18.0 Å². The molecule has 7 nitrogen and oxygen atoms in total. The fraction of sp³-hybridized carbons (Fsp3) is 0.464. The first-order valence-corrected chi connectivity index (χ1v) is 12.5. The van der Waals surface area contributed by atoms with E-state index in [1.54, 1.807) is 0 Å². The first-order valence-electron chi connectivity index (χ1n) is 12.5. The van der Waals surface area contributed by atoms with E-state index in [9.17, 15) is 19.5 Å². The van der Waals surface area contributed by atoms with E-state index in [1.807, 2.05) is 38.1 Å². The number of amides is 2. The lowest BCUT2D eigenvalue weighted by atomic mass is 9.94. The van der Waals surface area contributed by atoms with Crippen LogP contribution in [0.3, 0.4) is 0 Å². The largest absolute Gasteiger partial charge is 0.479 e. The van der Waals surface area contributed by atoms with Crippen molar-refractivity contribution in [2.24, 2.45) is 11.8 Å². The molecule has 2 aliphatic carbocycles. The molecule has 1 aliphatic heterocycles. The molecule has 4 atom stereocenters. The molecule has 2 aromatic rings. The number of hydrogen-bond donors (Lipinski definition) is 2. The fourth-order valence-electron chi connectivity index (χ4n) is 5.99. The zero-order chi connectivity index (χ0) is 24.7. The van der Waals surface area contributed by atoms with E-state index in [4.69, 9.17) is 4.74 Å². The molecule has 1 saturated heterocycles. The van der Waals surface area contributed by atoms with Gasteiger partial charge in [-0.2, -0.15) is 0 Å². The molecule has 0 radical (unpaired) electrons. The number of nitrogens with one attached hydrogen (secondary N) is 1. The predicted octanol–water partition coefficient (Wildman–Crippen LogP) is 4.41. The first kappa shape index (κ1) is 23.4. The highest BCUT2D eigenvalue weighted by Gasteiger charge is 2.67. The molecule has 5 rings (SSSR count). The second-order valence-electron chi connectivity index (χ2n) is 10.1. The summed E-state index contributed by atoms with van der Waals surface area (Å²) in [4.78, 5) is 40.1. The number of aliphatic carboxylic acids is 1. The maximum absolute atomic E-state index is 13.6. The second kappa shape index (κ2) is 9.02. The van der Waals surface area contributed by atoms with Crippen molar-refractivity contribution in [2.75, 3.05) is 13.2 Å². The summed E-state index contributed by atoms with van der Waals surface area (Å²) in [7, 11) is 0. The smallest absolute Gasteiger partial charge is 0.407 e. The molecule has 0 bridgehead atoms. The molecule has 1 saturated carbocycles. The highest BCUT2D eigenvalue weighted by atomic mass is 16.5. The number of carboxylic acid groups (broad SMARTS) is 1. The first-order chi connectivity index (χ1) is 16.9. The van der Waals surface area contributed by atoms with Gasteiger partial charge >= 0.3 is 12.1 Å². The van der Waals surface area contributed by atoms with E-state index >= 15 is 0 Å². The minimum Gasteiger partial charge on any atom is -0.479 e. The minimum atomic E-state index is -1.11. The van der Waals surface area contributed by atoms with Crippen molar-refractivity contribution in [3.05, 3.63) is 59.7 Å². The summed E-state index contributed by atoms with van der Waals surface area (Å²) in [5, 5.41) is 12.7. The third-order valence-electron chi connectivity index (χ3n) is 8.22. The van der Waals surface area contributed by atoms with Crippen LogP contribution in [0.5, 0.6) is 0 Å². The molecule has 2 unspecified atom stereocenters. The SMILES string of the molecule is CCC(C)C(NC(=O)OCC1c2ccccc2-c2ccccc21)C(=O)N1CCC[C@@H]2C[C@@]21C(=O)O. The monoisotopic (exact) mass is 476 g/mol. The summed E-state index contributed by atoms with van der Waals surface area (Å²) < 4.78 is 5.68. The van der Waals surface area contributed by atoms with Gasteiger partial charge in [0.25, 0.3) is 0 Å². The van der Waals surface area contributed by atoms with E-state index in [-0.39, 0.29) is 30.3 Å². The summed E-state index contributed by atoms with van der Waals surface area (Å²) >= 11 is 0. The third kappa shape index (κ3) is 3.87. The number of carbonyl (C=O) groups excluding carboxylic acids is 2. The van der Waals surface area contributed by atoms with Crippen LogP contribution in [0.1, 0.15) is 56.6 Å². The van der Waals surface area contributed by atoms with E-state index in [0.29, 0.717) is 19.4 Å². The highest BCUT2D eigenvalue weighted by Crippen LogP contribution is 2.54. The predicted molar refractivity (Wildman–Crippen MR) is 131 cm³/mol. The fourth-order valence-corrected chi connectivity index (χ4v) is 5.99. The number of carboxylic acids is 1. The van der Waals surface area contributed by atoms with Gasteiger partial charge in [0.2, 0.25) is 5.91 Å². The highest BCUT2D eigenvalue weighted by molar-refractivity contribution is 5.94. The quantitative estimate of drug-likeness (QED) is 0.617. The molecule has 3 aliphatic rings. The van der Waals surface area contributed by atoms with E-state index in [2.05, 4.69) is 29.6 Å². The molecular formula is C28H32N2O5. The van der Waals surface area contributed by atoms with Crippen molar-refractivity contribution in [1.29, 1.82) is 0 Å². The molecule has 2 amide bonds. The van der Waals surface area contributed by atoms with Crippen LogP contribution in [0.4, 0.5) is 4.79 Å². The third-order valence-corrected chi connectivity index (χ3v) is 8.22. The Bertz CT molecular complexity index is 1120. The van der Waals surface area contributed by atoms with Gasteiger partial charge in [-0.15, -0.1) is 0 Å². The van der Waals surface area contributed by atoms with Gasteiger partial charge < -0.3 is 20.1 Å². The Morgan fingerprint density at radius 1 is 1.11 bits per heavy atom. The second-order valence-corrected chi connectivity index (χ2v) is 10.1. The number of rotatable bonds is 7. The number of alkyl carbamates (subject to hydrolysis) is 1. The van der Waals surface area contributed by atoms with Crippen LogP contribution in [-0.2, 0) is 14.3 Å². The minimum absolute atomic E-state index is 0.00439. The number of ether oxygens (including phenoxy) is 1. The normalized spacial score (nSPS) is 23.9. The van der Waals surface area contributed by atoms with E-state index in [0.717, 1.165) is 35.1 Å². The van der Waals surface area contributed by atoms with Gasteiger partial charge in [0, 0.05) is 12.5 Å². The summed E-state index contributed by atoms with van der Waals surface area (Å²) in [6.45, 7) is 4.41. The number of nitrogens with zero attached hydrogens (tertiary/aromatic N) is 1. The summed E-state index contributed by atoms with van der Waals surface area (Å²) in [6, 6.07) is 15.4. The number of hydrogen-bond acceptors (Lipinski definition) is 4. The van der Waals surface area contributed by atoms with Crippen molar-refractivity contribution in [3.63, 3.8) is 0 Å². The molecule has 184 valence electrons. The zero-order valence-corrected chi connectivity index (χ0v) is 20.2. The molecule has 2 N–H and O–H groups in total. The summed E-state index contributed by atoms with van der Waals surface area (Å²) in [5.41, 5.74) is 3.42. The van der Waals surface area contributed by atoms with Crippen LogP contribution in [0.2, 0.25) is 0 Å². The zero-order valence-electron chi connectivity index (χ0n) is 20.2. The molecule has 7 heteroatoms. The van der Waals surface area contributed by atoms with Gasteiger partial charge in [0.15, 0.2) is 0 Å². The van der Waals surface area contributed by atoms with E-state index < -0.39 is 23.6 Å². The standard InChI is InChI=1S/C28H32N2O5/c1-3-17(2)24(25(31)30-14-8-9-18-15-28(18,30)26(32)33)29-27(34)35-16-23-21-12-6-4-10-19(21)20-11-5-7-13-22(20)23/h4-7,10-13,17-18,23-24H,3,8-9,14-16H2,1-2H3,(H,29,34)(H,32,33)/t17?,18-,24?,28+/m1/s1. The Morgan fingerprint density at radius 2 is 1.74 bits per heavy atom. The van der Waals surface area contributed by atoms with Crippen LogP contribution in [0.25, 0.3) is 11.1 Å². The van der Waals surface area contributed by atoms with Crippen LogP contribution in [0, 0.1) is 11.8 Å². The number of benzene rings is 2. The van der Waals surface area contributed by atoms with Gasteiger partial charge in [-0.1, -0.05) is 68.8 Å². The number of likely N-dealkylation sites (tertiary alicyclic amines) is 1. The lowest BCUT2D eigenvalue weighted by Crippen LogP contribution is -2.59. The summed E-state index contributed by atoms with van der Waals surface area (Å²) in [6.07, 6.45) is 2.11. The Balaban J connectivity index is 1.30. The molecule has 2 fully saturated rings. The maximum atomic E-state index is 13.6. The van der Waals surface area contributed by atoms with Crippen LogP contribution < -0.4 is 5.32 Å². The Kier molecular flexibility index (Phi) is 6.03. The van der Waals surface area contributed by atoms with Crippen molar-refractivity contribution < 1.29 is 24.2 Å². The van der Waals surface area contributed by atoms with Gasteiger partial charge in [0.1, 0.15) is 18.2 Å². The maximum Gasteiger partial charge on any atom is 0.407 e. The van der Waals surface area contributed by atoms with Crippen LogP contribution >= 0.6 is 0 Å². The Labute approximate surface area is 205 Å². The molecule has 35 heavy (non-hydrogen) atoms. The van der Waals surface area contributed by atoms with Crippen LogP contribution in [0.15, 0.2) is 48.5 Å². The van der Waals surface area contributed by atoms with Crippen molar-refractivity contribution in [1.82, 2.24) is 10.2 Å². The lowest BCUT2D eigenvalue weighted by Gasteiger charge is -2.37. The van der Waals surface area contributed by atoms with Crippen molar-refractivity contribution in [3.8, 4) is 11.1 Å². The lowest BCUT2D eigenvalue weighted by molar-refractivity contribution is -0.156. The molecule has 0 spiro atoms. The van der Waals surface area contributed by atoms with Gasteiger partial charge in [-0.05, 0) is 53.4 Å². The Morgan fingerprint density at radius 3 is 2.34 bits per heavy atom. The van der Waals surface area contributed by atoms with Gasteiger partial charge in [-0.3, -0.25) is 4.79 Å². The van der Waals surface area contributed by atoms with Crippen molar-refractivity contribution in [2.45, 2.75) is 57.0 Å². The molecule has 0 aromatic heterocycles. The number of fused-ring (bicyclic) bond motifs is 4. The number of piperidine rings is 1. The summed E-state index contributed by atoms with van der Waals surface area (Å²) in [5.74, 6) is -1.50. The molecule has 1 heterocycles. The topological polar surface area (TPSA) is 95.9 Å². The Hall–Kier alpha value is -3.35.